The largest absolute Gasteiger partial charge is 0.508 e. The number of piperidine rings is 2. The first-order chi connectivity index (χ1) is 35.6. The molecule has 4 aromatic heterocycles. The highest BCUT2D eigenvalue weighted by atomic mass is 35.5. The van der Waals surface area contributed by atoms with Crippen LogP contribution in [0, 0.1) is 13.8 Å². The van der Waals surface area contributed by atoms with E-state index >= 15 is 0 Å². The average molecular weight is 1040 g/mol. The first-order valence-corrected chi connectivity index (χ1v) is 26.2. The van der Waals surface area contributed by atoms with Gasteiger partial charge in [0.1, 0.15) is 29.4 Å². The van der Waals surface area contributed by atoms with Gasteiger partial charge in [-0.2, -0.15) is 9.97 Å². The summed E-state index contributed by atoms with van der Waals surface area (Å²) in [6, 6.07) is 37.7. The highest BCUT2D eigenvalue weighted by molar-refractivity contribution is 6.18. The van der Waals surface area contributed by atoms with Gasteiger partial charge in [0, 0.05) is 65.3 Å². The Morgan fingerprint density at radius 3 is 1.41 bits per heavy atom. The molecular formula is C58H68Cl2N10O4. The molecule has 0 aliphatic carbocycles. The van der Waals surface area contributed by atoms with Crippen molar-refractivity contribution in [1.29, 1.82) is 0 Å². The van der Waals surface area contributed by atoms with Gasteiger partial charge in [0.2, 0.25) is 11.9 Å². The lowest BCUT2D eigenvalue weighted by atomic mass is 10.1. The van der Waals surface area contributed by atoms with Gasteiger partial charge in [-0.1, -0.05) is 73.5 Å². The Hall–Kier alpha value is -6.84. The topological polar surface area (TPSA) is 156 Å². The van der Waals surface area contributed by atoms with Crippen LogP contribution in [0.2, 0.25) is 0 Å². The third-order valence-electron chi connectivity index (χ3n) is 13.3. The van der Waals surface area contributed by atoms with Crippen LogP contribution in [-0.4, -0.2) is 95.7 Å². The number of halogens is 2. The lowest BCUT2D eigenvalue weighted by Gasteiger charge is -2.26. The Morgan fingerprint density at radius 2 is 0.986 bits per heavy atom. The van der Waals surface area contributed by atoms with Crippen LogP contribution >= 0.6 is 24.0 Å². The monoisotopic (exact) mass is 1040 g/mol. The van der Waals surface area contributed by atoms with E-state index in [2.05, 4.69) is 35.4 Å². The lowest BCUT2D eigenvalue weighted by molar-refractivity contribution is 0.183. The number of hydrogen-bond donors (Lipinski definition) is 3. The van der Waals surface area contributed by atoms with E-state index in [1.807, 2.05) is 125 Å². The summed E-state index contributed by atoms with van der Waals surface area (Å²) >= 11 is 5.59. The van der Waals surface area contributed by atoms with E-state index < -0.39 is 0 Å². The number of aromatic nitrogens is 6. The summed E-state index contributed by atoms with van der Waals surface area (Å²) in [6.45, 7) is 16.4. The average Bonchev–Trinajstić information content (AvgIpc) is 3.41. The number of alkyl halides is 1. The Bertz CT molecular complexity index is 3180. The molecule has 2 saturated heterocycles. The molecule has 14 nitrogen and oxygen atoms in total. The van der Waals surface area contributed by atoms with Gasteiger partial charge in [-0.15, -0.1) is 24.0 Å². The number of nitrogens with one attached hydrogen (secondary N) is 2. The van der Waals surface area contributed by atoms with Gasteiger partial charge < -0.3 is 25.4 Å². The number of anilines is 4. The van der Waals surface area contributed by atoms with E-state index in [1.165, 1.54) is 64.7 Å². The summed E-state index contributed by atoms with van der Waals surface area (Å²) in [5.74, 6) is 2.70. The SMILES string of the molecule is CCn1c(=O)c(-c2ccccc2)cc2c(C)nc(Nc3ccc(O)cc3)nc21.CCn1c(=O)c(-c2ccccc2)cc2c(C)nc(Nc3ccc(OCCN4CCCCC4)cc3)nc21.Cl.ClCCN1CCCCC1. The highest BCUT2D eigenvalue weighted by Gasteiger charge is 2.17. The van der Waals surface area contributed by atoms with Crippen molar-refractivity contribution in [1.82, 2.24) is 38.9 Å². The Kier molecular flexibility index (Phi) is 20.0. The van der Waals surface area contributed by atoms with Crippen LogP contribution in [0.25, 0.3) is 44.3 Å². The molecule has 388 valence electrons. The standard InChI is InChI=1S/C29H33N5O2.C22H20N4O2.C7H14ClN.ClH/c1-3-34-27-25(20-26(28(34)35)22-10-6-4-7-11-22)21(2)30-29(32-27)31-23-12-14-24(15-13-23)36-19-18-33-16-8-5-9-17-33;1-3-26-20-18(13-19(21(26)28)15-7-5-4-6-8-15)14(2)23-22(25-20)24-16-9-11-17(27)12-10-16;8-4-7-9-5-2-1-3-6-9;/h4,6-7,10-15,20H,3,5,8-9,16-19H2,1-2H3,(H,30,31,32);4-13,27H,3H2,1-2H3,(H,23,24,25);1-7H2;1H. The number of aromatic hydroxyl groups is 1. The van der Waals surface area contributed by atoms with Crippen molar-refractivity contribution in [2.75, 3.05) is 62.4 Å². The van der Waals surface area contributed by atoms with Gasteiger partial charge in [0.05, 0.1) is 11.4 Å². The molecule has 6 heterocycles. The second kappa shape index (κ2) is 26.9. The molecule has 0 bridgehead atoms. The van der Waals surface area contributed by atoms with E-state index in [9.17, 15) is 14.7 Å². The van der Waals surface area contributed by atoms with Crippen LogP contribution in [0.3, 0.4) is 0 Å². The van der Waals surface area contributed by atoms with Crippen LogP contribution in [0.5, 0.6) is 11.5 Å². The number of phenols is 1. The first-order valence-electron chi connectivity index (χ1n) is 25.6. The second-order valence-electron chi connectivity index (χ2n) is 18.4. The van der Waals surface area contributed by atoms with Crippen molar-refractivity contribution in [2.45, 2.75) is 79.3 Å². The van der Waals surface area contributed by atoms with E-state index in [4.69, 9.17) is 21.3 Å². The number of pyridine rings is 2. The maximum Gasteiger partial charge on any atom is 0.260 e. The molecule has 2 aliphatic heterocycles. The number of likely N-dealkylation sites (tertiary alicyclic amines) is 2. The van der Waals surface area contributed by atoms with Gasteiger partial charge >= 0.3 is 0 Å². The molecule has 0 unspecified atom stereocenters. The third-order valence-corrected chi connectivity index (χ3v) is 13.5. The van der Waals surface area contributed by atoms with Gasteiger partial charge in [-0.05, 0) is 151 Å². The second-order valence-corrected chi connectivity index (χ2v) is 18.7. The molecule has 3 N–H and O–H groups in total. The lowest BCUT2D eigenvalue weighted by Crippen LogP contribution is -2.33. The first kappa shape index (κ1) is 54.9. The van der Waals surface area contributed by atoms with Crippen molar-refractivity contribution in [2.24, 2.45) is 0 Å². The van der Waals surface area contributed by atoms with E-state index in [-0.39, 0.29) is 29.3 Å². The minimum absolute atomic E-state index is 0. The number of fused-ring (bicyclic) bond motifs is 2. The molecule has 74 heavy (non-hydrogen) atoms. The van der Waals surface area contributed by atoms with Crippen molar-refractivity contribution < 1.29 is 9.84 Å². The summed E-state index contributed by atoms with van der Waals surface area (Å²) < 4.78 is 9.34. The minimum atomic E-state index is -0.0742. The molecule has 0 saturated carbocycles. The summed E-state index contributed by atoms with van der Waals surface area (Å²) in [5.41, 5.74) is 7.40. The molecule has 2 aliphatic rings. The number of benzene rings is 4. The zero-order chi connectivity index (χ0) is 51.1. The van der Waals surface area contributed by atoms with Crippen LogP contribution < -0.4 is 26.5 Å². The fraction of sp³-hybridized carbons (Fsp3) is 0.345. The number of rotatable bonds is 14. The number of hydrogen-bond acceptors (Lipinski definition) is 12. The van der Waals surface area contributed by atoms with Gasteiger partial charge in [0.25, 0.3) is 11.1 Å². The summed E-state index contributed by atoms with van der Waals surface area (Å²) in [4.78, 5) is 49.9. The molecule has 10 rings (SSSR count). The van der Waals surface area contributed by atoms with Crippen molar-refractivity contribution in [3.05, 3.63) is 153 Å². The minimum Gasteiger partial charge on any atom is -0.508 e. The zero-order valence-corrected chi connectivity index (χ0v) is 44.5. The summed E-state index contributed by atoms with van der Waals surface area (Å²) in [7, 11) is 0. The highest BCUT2D eigenvalue weighted by Crippen LogP contribution is 2.27. The quantitative estimate of drug-likeness (QED) is 0.0701. The third kappa shape index (κ3) is 14.1. The van der Waals surface area contributed by atoms with Crippen LogP contribution in [-0.2, 0) is 13.1 Å². The fourth-order valence-corrected chi connectivity index (χ4v) is 9.58. The van der Waals surface area contributed by atoms with E-state index in [0.29, 0.717) is 54.0 Å². The summed E-state index contributed by atoms with van der Waals surface area (Å²) in [5, 5.41) is 17.6. The predicted molar refractivity (Wildman–Crippen MR) is 304 cm³/mol. The zero-order valence-electron chi connectivity index (χ0n) is 42.9. The maximum absolute atomic E-state index is 13.3. The molecule has 16 heteroatoms. The van der Waals surface area contributed by atoms with E-state index in [1.54, 1.807) is 33.4 Å². The Balaban J connectivity index is 0.000000187. The molecule has 0 amide bonds. The molecule has 0 radical (unpaired) electrons. The normalized spacial score (nSPS) is 13.7. The smallest absolute Gasteiger partial charge is 0.260 e. The van der Waals surface area contributed by atoms with Crippen molar-refractivity contribution >= 4 is 69.3 Å². The maximum atomic E-state index is 13.3. The van der Waals surface area contributed by atoms with Crippen LogP contribution in [0.15, 0.2) is 131 Å². The molecule has 8 aromatic rings. The number of phenolic OH excluding ortho intramolecular Hbond substituents is 1. The number of aryl methyl sites for hydroxylation is 4. The Morgan fingerprint density at radius 1 is 0.568 bits per heavy atom. The van der Waals surface area contributed by atoms with Gasteiger partial charge in [-0.3, -0.25) is 23.6 Å². The fourth-order valence-electron chi connectivity index (χ4n) is 9.34. The van der Waals surface area contributed by atoms with E-state index in [0.717, 1.165) is 69.4 Å². The van der Waals surface area contributed by atoms with Gasteiger partial charge in [-0.25, -0.2) is 9.97 Å². The number of nitrogens with zero attached hydrogens (tertiary/aromatic N) is 8. The van der Waals surface area contributed by atoms with Crippen LogP contribution in [0.1, 0.15) is 63.8 Å². The Labute approximate surface area is 444 Å². The molecule has 0 spiro atoms. The predicted octanol–water partition coefficient (Wildman–Crippen LogP) is 11.8. The molecule has 2 fully saturated rings. The van der Waals surface area contributed by atoms with Crippen molar-refractivity contribution in [3.8, 4) is 33.8 Å². The van der Waals surface area contributed by atoms with Gasteiger partial charge in [0.15, 0.2) is 0 Å². The number of ether oxygens (including phenoxy) is 1. The van der Waals surface area contributed by atoms with Crippen molar-refractivity contribution in [3.63, 3.8) is 0 Å². The molecular weight excluding hydrogens is 972 g/mol. The molecule has 4 aromatic carbocycles. The summed E-state index contributed by atoms with van der Waals surface area (Å²) in [6.07, 6.45) is 8.09. The molecule has 0 atom stereocenters. The van der Waals surface area contributed by atoms with Crippen LogP contribution in [0.4, 0.5) is 23.3 Å².